The van der Waals surface area contributed by atoms with E-state index in [-0.39, 0.29) is 13.0 Å². The Morgan fingerprint density at radius 1 is 1.32 bits per heavy atom. The lowest BCUT2D eigenvalue weighted by Gasteiger charge is -2.33. The minimum absolute atomic E-state index is 0.193. The topological polar surface area (TPSA) is 63.8 Å². The lowest BCUT2D eigenvalue weighted by molar-refractivity contribution is -0.189. The smallest absolute Gasteiger partial charge is 0.384 e. The maximum absolute atomic E-state index is 12.9. The van der Waals surface area contributed by atoms with Gasteiger partial charge in [0, 0.05) is 12.2 Å². The van der Waals surface area contributed by atoms with E-state index >= 15 is 0 Å². The van der Waals surface area contributed by atoms with Crippen LogP contribution in [0.1, 0.15) is 31.5 Å². The van der Waals surface area contributed by atoms with Crippen LogP contribution in [0.5, 0.6) is 0 Å². The molecule has 0 aromatic carbocycles. The standard InChI is InChI=1S/C12H17F3N4/c13-12(14,15)8-3-1-2-4-9(8)18-7-11-17-6-5-10(16)19-11/h5-6,8-9,18H,1-4,7H2,(H2,16,17,19)/t8-,9-/m0/s1. The molecule has 0 unspecified atom stereocenters. The highest BCUT2D eigenvalue weighted by Gasteiger charge is 2.45. The first-order valence-electron chi connectivity index (χ1n) is 6.34. The van der Waals surface area contributed by atoms with Crippen LogP contribution in [-0.4, -0.2) is 22.2 Å². The third-order valence-electron chi connectivity index (χ3n) is 3.44. The summed E-state index contributed by atoms with van der Waals surface area (Å²) in [5, 5.41) is 2.92. The Hall–Kier alpha value is -1.37. The molecule has 2 atom stereocenters. The number of nitrogens with zero attached hydrogens (tertiary/aromatic N) is 2. The van der Waals surface area contributed by atoms with Crippen LogP contribution in [0.3, 0.4) is 0 Å². The molecule has 1 aliphatic rings. The first-order valence-corrected chi connectivity index (χ1v) is 6.34. The minimum Gasteiger partial charge on any atom is -0.384 e. The molecule has 4 nitrogen and oxygen atoms in total. The van der Waals surface area contributed by atoms with Crippen LogP contribution >= 0.6 is 0 Å². The van der Waals surface area contributed by atoms with Gasteiger partial charge in [0.25, 0.3) is 0 Å². The van der Waals surface area contributed by atoms with Crippen molar-refractivity contribution in [2.45, 2.75) is 44.4 Å². The number of nitrogens with one attached hydrogen (secondary N) is 1. The molecule has 1 heterocycles. The van der Waals surface area contributed by atoms with Gasteiger partial charge in [-0.2, -0.15) is 13.2 Å². The fourth-order valence-corrected chi connectivity index (χ4v) is 2.49. The summed E-state index contributed by atoms with van der Waals surface area (Å²) in [5.74, 6) is -0.531. The number of anilines is 1. The van der Waals surface area contributed by atoms with Crippen LogP contribution in [0, 0.1) is 5.92 Å². The molecular weight excluding hydrogens is 257 g/mol. The fraction of sp³-hybridized carbons (Fsp3) is 0.667. The van der Waals surface area contributed by atoms with Gasteiger partial charge in [-0.25, -0.2) is 9.97 Å². The summed E-state index contributed by atoms with van der Waals surface area (Å²) >= 11 is 0. The molecule has 0 spiro atoms. The summed E-state index contributed by atoms with van der Waals surface area (Å²) < 4.78 is 38.7. The first kappa shape index (κ1) is 14.0. The van der Waals surface area contributed by atoms with E-state index in [2.05, 4.69) is 15.3 Å². The summed E-state index contributed by atoms with van der Waals surface area (Å²) in [6.07, 6.45) is -0.458. The largest absolute Gasteiger partial charge is 0.393 e. The van der Waals surface area contributed by atoms with E-state index in [1.54, 1.807) is 6.07 Å². The van der Waals surface area contributed by atoms with Crippen molar-refractivity contribution in [1.29, 1.82) is 0 Å². The van der Waals surface area contributed by atoms with Crippen molar-refractivity contribution >= 4 is 5.82 Å². The maximum Gasteiger partial charge on any atom is 0.393 e. The molecular formula is C12H17F3N4. The number of halogens is 3. The molecule has 19 heavy (non-hydrogen) atoms. The Balaban J connectivity index is 1.97. The monoisotopic (exact) mass is 274 g/mol. The number of nitrogens with two attached hydrogens (primary N) is 1. The molecule has 0 amide bonds. The van der Waals surface area contributed by atoms with E-state index in [0.717, 1.165) is 6.42 Å². The van der Waals surface area contributed by atoms with Gasteiger partial charge in [0.2, 0.25) is 0 Å². The molecule has 0 bridgehead atoms. The molecule has 1 saturated carbocycles. The predicted molar refractivity (Wildman–Crippen MR) is 65.1 cm³/mol. The molecule has 106 valence electrons. The zero-order valence-corrected chi connectivity index (χ0v) is 10.5. The highest BCUT2D eigenvalue weighted by atomic mass is 19.4. The van der Waals surface area contributed by atoms with Gasteiger partial charge in [-0.15, -0.1) is 0 Å². The normalized spacial score (nSPS) is 24.4. The van der Waals surface area contributed by atoms with Gasteiger partial charge in [0.1, 0.15) is 11.6 Å². The van der Waals surface area contributed by atoms with Gasteiger partial charge in [-0.3, -0.25) is 0 Å². The van der Waals surface area contributed by atoms with E-state index in [0.29, 0.717) is 24.5 Å². The summed E-state index contributed by atoms with van der Waals surface area (Å²) in [6.45, 7) is 0.211. The van der Waals surface area contributed by atoms with Crippen LogP contribution in [0.25, 0.3) is 0 Å². The Bertz CT molecular complexity index is 422. The molecule has 2 rings (SSSR count). The SMILES string of the molecule is Nc1ccnc(CN[C@H]2CCCC[C@@H]2C(F)(F)F)n1. The van der Waals surface area contributed by atoms with E-state index in [1.165, 1.54) is 6.20 Å². The van der Waals surface area contributed by atoms with E-state index < -0.39 is 18.1 Å². The molecule has 1 fully saturated rings. The Morgan fingerprint density at radius 3 is 2.74 bits per heavy atom. The van der Waals surface area contributed by atoms with Crippen LogP contribution < -0.4 is 11.1 Å². The van der Waals surface area contributed by atoms with Gasteiger partial charge in [0.05, 0.1) is 12.5 Å². The molecule has 0 aliphatic heterocycles. The molecule has 7 heteroatoms. The van der Waals surface area contributed by atoms with Crippen LogP contribution in [-0.2, 0) is 6.54 Å². The Kier molecular flexibility index (Phi) is 4.24. The number of alkyl halides is 3. The second-order valence-electron chi connectivity index (χ2n) is 4.82. The second kappa shape index (κ2) is 5.73. The molecule has 0 saturated heterocycles. The number of hydrogen-bond donors (Lipinski definition) is 2. The lowest BCUT2D eigenvalue weighted by atomic mass is 9.84. The first-order chi connectivity index (χ1) is 8.97. The van der Waals surface area contributed by atoms with Crippen LogP contribution in [0.2, 0.25) is 0 Å². The highest BCUT2D eigenvalue weighted by molar-refractivity contribution is 5.24. The van der Waals surface area contributed by atoms with Crippen LogP contribution in [0.4, 0.5) is 19.0 Å². The quantitative estimate of drug-likeness (QED) is 0.887. The summed E-state index contributed by atoms with van der Waals surface area (Å²) in [4.78, 5) is 7.94. The fourth-order valence-electron chi connectivity index (χ4n) is 2.49. The summed E-state index contributed by atoms with van der Waals surface area (Å²) in [6, 6.07) is 0.988. The third-order valence-corrected chi connectivity index (χ3v) is 3.44. The van der Waals surface area contributed by atoms with E-state index in [9.17, 15) is 13.2 Å². The van der Waals surface area contributed by atoms with Gasteiger partial charge < -0.3 is 11.1 Å². The minimum atomic E-state index is -4.14. The van der Waals surface area contributed by atoms with Crippen molar-refractivity contribution < 1.29 is 13.2 Å². The van der Waals surface area contributed by atoms with Gasteiger partial charge in [-0.1, -0.05) is 12.8 Å². The van der Waals surface area contributed by atoms with Gasteiger partial charge >= 0.3 is 6.18 Å². The predicted octanol–water partition coefficient (Wildman–Crippen LogP) is 2.27. The van der Waals surface area contributed by atoms with Crippen LogP contribution in [0.15, 0.2) is 12.3 Å². The summed E-state index contributed by atoms with van der Waals surface area (Å²) in [7, 11) is 0. The number of hydrogen-bond acceptors (Lipinski definition) is 4. The lowest BCUT2D eigenvalue weighted by Crippen LogP contribution is -2.45. The maximum atomic E-state index is 12.9. The molecule has 3 N–H and O–H groups in total. The van der Waals surface area contributed by atoms with Crippen molar-refractivity contribution in [2.24, 2.45) is 5.92 Å². The summed E-state index contributed by atoms with van der Waals surface area (Å²) in [5.41, 5.74) is 5.50. The second-order valence-corrected chi connectivity index (χ2v) is 4.82. The number of aromatic nitrogens is 2. The van der Waals surface area contributed by atoms with E-state index in [4.69, 9.17) is 5.73 Å². The molecule has 0 radical (unpaired) electrons. The number of rotatable bonds is 3. The molecule has 1 aliphatic carbocycles. The van der Waals surface area contributed by atoms with Gasteiger partial charge in [0.15, 0.2) is 0 Å². The zero-order chi connectivity index (χ0) is 13.9. The van der Waals surface area contributed by atoms with Crippen molar-refractivity contribution in [3.63, 3.8) is 0 Å². The average Bonchev–Trinajstić information content (AvgIpc) is 2.36. The Labute approximate surface area is 109 Å². The van der Waals surface area contributed by atoms with Crippen molar-refractivity contribution in [3.05, 3.63) is 18.1 Å². The average molecular weight is 274 g/mol. The Morgan fingerprint density at radius 2 is 2.05 bits per heavy atom. The van der Waals surface area contributed by atoms with E-state index in [1.807, 2.05) is 0 Å². The van der Waals surface area contributed by atoms with Crippen molar-refractivity contribution in [1.82, 2.24) is 15.3 Å². The zero-order valence-electron chi connectivity index (χ0n) is 10.5. The number of nitrogen functional groups attached to an aromatic ring is 1. The van der Waals surface area contributed by atoms with Gasteiger partial charge in [-0.05, 0) is 18.9 Å². The highest BCUT2D eigenvalue weighted by Crippen LogP contribution is 2.37. The van der Waals surface area contributed by atoms with Crippen molar-refractivity contribution in [2.75, 3.05) is 5.73 Å². The molecule has 1 aromatic heterocycles. The van der Waals surface area contributed by atoms with Crippen molar-refractivity contribution in [3.8, 4) is 0 Å². The molecule has 1 aromatic rings. The third kappa shape index (κ3) is 3.79.